The molecule has 108 valence electrons. The van der Waals surface area contributed by atoms with Crippen LogP contribution in [0.15, 0.2) is 22.7 Å². The van der Waals surface area contributed by atoms with E-state index in [-0.39, 0.29) is 0 Å². The topological polar surface area (TPSA) is 38.1 Å². The van der Waals surface area contributed by atoms with Crippen molar-refractivity contribution in [2.45, 2.75) is 47.6 Å². The van der Waals surface area contributed by atoms with Crippen molar-refractivity contribution in [2.75, 3.05) is 5.32 Å². The van der Waals surface area contributed by atoms with E-state index in [1.165, 1.54) is 11.3 Å². The van der Waals surface area contributed by atoms with Crippen LogP contribution in [0, 0.1) is 26.7 Å². The van der Waals surface area contributed by atoms with E-state index in [0.717, 1.165) is 22.6 Å². The van der Waals surface area contributed by atoms with Gasteiger partial charge in [0.05, 0.1) is 5.69 Å². The van der Waals surface area contributed by atoms with E-state index < -0.39 is 0 Å². The highest BCUT2D eigenvalue weighted by atomic mass is 16.5. The minimum absolute atomic E-state index is 0.439. The maximum atomic E-state index is 5.27. The molecule has 0 radical (unpaired) electrons. The average Bonchev–Trinajstić information content (AvgIpc) is 2.72. The van der Waals surface area contributed by atoms with Gasteiger partial charge in [-0.05, 0) is 50.8 Å². The minimum Gasteiger partial charge on any atom is -0.382 e. The fraction of sp³-hybridized carbons (Fsp3) is 0.471. The average molecular weight is 272 g/mol. The molecule has 1 aromatic carbocycles. The standard InChI is InChI=1S/C17H24N2O/c1-10(2)12(4)18-16-9-15(8-7-11(16)3)17-13(5)19-20-14(17)6/h7-10,12,18H,1-6H3/t12-/m0/s1. The van der Waals surface area contributed by atoms with Crippen LogP contribution in [0.5, 0.6) is 0 Å². The molecule has 1 atom stereocenters. The largest absolute Gasteiger partial charge is 0.382 e. The third kappa shape index (κ3) is 2.87. The first-order valence-electron chi connectivity index (χ1n) is 7.20. The number of hydrogen-bond acceptors (Lipinski definition) is 3. The number of nitrogens with one attached hydrogen (secondary N) is 1. The summed E-state index contributed by atoms with van der Waals surface area (Å²) in [5.41, 5.74) is 5.64. The van der Waals surface area contributed by atoms with Crippen LogP contribution >= 0.6 is 0 Å². The van der Waals surface area contributed by atoms with Crippen LogP contribution in [0.4, 0.5) is 5.69 Å². The molecule has 3 heteroatoms. The molecule has 0 aliphatic carbocycles. The molecule has 0 amide bonds. The van der Waals surface area contributed by atoms with Gasteiger partial charge >= 0.3 is 0 Å². The summed E-state index contributed by atoms with van der Waals surface area (Å²) in [5.74, 6) is 1.46. The van der Waals surface area contributed by atoms with Crippen LogP contribution < -0.4 is 5.32 Å². The number of rotatable bonds is 4. The molecule has 0 spiro atoms. The normalized spacial score (nSPS) is 12.8. The van der Waals surface area contributed by atoms with Crippen LogP contribution in [0.2, 0.25) is 0 Å². The van der Waals surface area contributed by atoms with Gasteiger partial charge in [-0.25, -0.2) is 0 Å². The van der Waals surface area contributed by atoms with Crippen LogP contribution in [-0.2, 0) is 0 Å². The molecule has 1 aromatic heterocycles. The summed E-state index contributed by atoms with van der Waals surface area (Å²) in [7, 11) is 0. The maximum Gasteiger partial charge on any atom is 0.141 e. The van der Waals surface area contributed by atoms with Gasteiger partial charge in [-0.15, -0.1) is 0 Å². The summed E-state index contributed by atoms with van der Waals surface area (Å²) in [6.45, 7) is 12.7. The van der Waals surface area contributed by atoms with E-state index in [2.05, 4.69) is 56.4 Å². The van der Waals surface area contributed by atoms with E-state index in [1.54, 1.807) is 0 Å². The Labute approximate surface area is 121 Å². The van der Waals surface area contributed by atoms with Gasteiger partial charge in [-0.2, -0.15) is 0 Å². The van der Waals surface area contributed by atoms with Crippen molar-refractivity contribution in [1.82, 2.24) is 5.16 Å². The zero-order chi connectivity index (χ0) is 14.9. The summed E-state index contributed by atoms with van der Waals surface area (Å²) < 4.78 is 5.27. The molecule has 20 heavy (non-hydrogen) atoms. The highest BCUT2D eigenvalue weighted by molar-refractivity contribution is 5.72. The second kappa shape index (κ2) is 5.70. The molecule has 3 nitrogen and oxygen atoms in total. The van der Waals surface area contributed by atoms with Gasteiger partial charge < -0.3 is 9.84 Å². The Morgan fingerprint density at radius 1 is 1.10 bits per heavy atom. The molecule has 0 aliphatic heterocycles. The third-order valence-corrected chi connectivity index (χ3v) is 3.94. The monoisotopic (exact) mass is 272 g/mol. The first-order valence-corrected chi connectivity index (χ1v) is 7.20. The predicted octanol–water partition coefficient (Wildman–Crippen LogP) is 4.72. The van der Waals surface area contributed by atoms with Crippen molar-refractivity contribution in [2.24, 2.45) is 5.92 Å². The van der Waals surface area contributed by atoms with Crippen LogP contribution in [0.25, 0.3) is 11.1 Å². The van der Waals surface area contributed by atoms with E-state index in [1.807, 2.05) is 13.8 Å². The highest BCUT2D eigenvalue weighted by Crippen LogP contribution is 2.30. The predicted molar refractivity (Wildman–Crippen MR) is 84.1 cm³/mol. The van der Waals surface area contributed by atoms with Crippen molar-refractivity contribution < 1.29 is 4.52 Å². The highest BCUT2D eigenvalue weighted by Gasteiger charge is 2.14. The van der Waals surface area contributed by atoms with Crippen molar-refractivity contribution in [1.29, 1.82) is 0 Å². The Morgan fingerprint density at radius 2 is 1.80 bits per heavy atom. The number of benzene rings is 1. The van der Waals surface area contributed by atoms with Gasteiger partial charge in [-0.3, -0.25) is 0 Å². The molecular weight excluding hydrogens is 248 g/mol. The summed E-state index contributed by atoms with van der Waals surface area (Å²) in [5, 5.41) is 7.64. The second-order valence-electron chi connectivity index (χ2n) is 5.91. The molecule has 0 unspecified atom stereocenters. The molecule has 2 aromatic rings. The van der Waals surface area contributed by atoms with Crippen molar-refractivity contribution in [3.8, 4) is 11.1 Å². The zero-order valence-electron chi connectivity index (χ0n) is 13.2. The number of anilines is 1. The smallest absolute Gasteiger partial charge is 0.141 e. The Balaban J connectivity index is 2.39. The van der Waals surface area contributed by atoms with E-state index >= 15 is 0 Å². The summed E-state index contributed by atoms with van der Waals surface area (Å²) in [6.07, 6.45) is 0. The molecule has 0 fully saturated rings. The molecular formula is C17H24N2O. The summed E-state index contributed by atoms with van der Waals surface area (Å²) in [6, 6.07) is 6.92. The van der Waals surface area contributed by atoms with Crippen LogP contribution in [0.1, 0.15) is 37.8 Å². The van der Waals surface area contributed by atoms with Crippen LogP contribution in [0.3, 0.4) is 0 Å². The van der Waals surface area contributed by atoms with Crippen LogP contribution in [-0.4, -0.2) is 11.2 Å². The molecule has 1 heterocycles. The fourth-order valence-electron chi connectivity index (χ4n) is 2.24. The molecule has 0 saturated carbocycles. The van der Waals surface area contributed by atoms with Gasteiger partial charge in [0, 0.05) is 17.3 Å². The lowest BCUT2D eigenvalue weighted by Crippen LogP contribution is -2.21. The number of hydrogen-bond donors (Lipinski definition) is 1. The Hall–Kier alpha value is -1.77. The molecule has 1 N–H and O–H groups in total. The Morgan fingerprint density at radius 3 is 2.35 bits per heavy atom. The number of nitrogens with zero attached hydrogens (tertiary/aromatic N) is 1. The lowest BCUT2D eigenvalue weighted by atomic mass is 10.00. The Bertz CT molecular complexity index is 580. The van der Waals surface area contributed by atoms with Crippen molar-refractivity contribution >= 4 is 5.69 Å². The Kier molecular flexibility index (Phi) is 4.17. The van der Waals surface area contributed by atoms with Crippen molar-refractivity contribution in [3.63, 3.8) is 0 Å². The molecule has 0 saturated heterocycles. The maximum absolute atomic E-state index is 5.27. The molecule has 2 rings (SSSR count). The van der Waals surface area contributed by atoms with Gasteiger partial charge in [-0.1, -0.05) is 31.1 Å². The first-order chi connectivity index (χ1) is 9.40. The lowest BCUT2D eigenvalue weighted by molar-refractivity contribution is 0.393. The number of aryl methyl sites for hydroxylation is 3. The van der Waals surface area contributed by atoms with E-state index in [4.69, 9.17) is 4.52 Å². The summed E-state index contributed by atoms with van der Waals surface area (Å²) in [4.78, 5) is 0. The first kappa shape index (κ1) is 14.6. The van der Waals surface area contributed by atoms with Crippen molar-refractivity contribution in [3.05, 3.63) is 35.2 Å². The lowest BCUT2D eigenvalue weighted by Gasteiger charge is -2.21. The van der Waals surface area contributed by atoms with E-state index in [0.29, 0.717) is 12.0 Å². The fourth-order valence-corrected chi connectivity index (χ4v) is 2.24. The molecule has 0 bridgehead atoms. The minimum atomic E-state index is 0.439. The van der Waals surface area contributed by atoms with Gasteiger partial charge in [0.1, 0.15) is 5.76 Å². The van der Waals surface area contributed by atoms with Gasteiger partial charge in [0.25, 0.3) is 0 Å². The molecule has 0 aliphatic rings. The van der Waals surface area contributed by atoms with Gasteiger partial charge in [0.2, 0.25) is 0 Å². The van der Waals surface area contributed by atoms with Gasteiger partial charge in [0.15, 0.2) is 0 Å². The van der Waals surface area contributed by atoms with E-state index in [9.17, 15) is 0 Å². The zero-order valence-corrected chi connectivity index (χ0v) is 13.2. The third-order valence-electron chi connectivity index (χ3n) is 3.94. The SMILES string of the molecule is Cc1ccc(-c2c(C)noc2C)cc1N[C@@H](C)C(C)C. The second-order valence-corrected chi connectivity index (χ2v) is 5.91. The quantitative estimate of drug-likeness (QED) is 0.875. The number of aromatic nitrogens is 1. The summed E-state index contributed by atoms with van der Waals surface area (Å²) >= 11 is 0.